The van der Waals surface area contributed by atoms with Gasteiger partial charge in [0.25, 0.3) is 5.91 Å². The van der Waals surface area contributed by atoms with E-state index in [9.17, 15) is 9.90 Å². The van der Waals surface area contributed by atoms with E-state index in [1.807, 2.05) is 4.90 Å². The second-order valence-electron chi connectivity index (χ2n) is 7.12. The number of nitrogens with zero attached hydrogens (tertiary/aromatic N) is 3. The van der Waals surface area contributed by atoms with Gasteiger partial charge in [0.1, 0.15) is 5.82 Å². The zero-order valence-corrected chi connectivity index (χ0v) is 15.0. The lowest BCUT2D eigenvalue weighted by Gasteiger charge is -2.35. The van der Waals surface area contributed by atoms with Crippen LogP contribution in [0.2, 0.25) is 5.02 Å². The number of amides is 1. The number of hydrogen-bond acceptors (Lipinski definition) is 5. The van der Waals surface area contributed by atoms with E-state index < -0.39 is 6.10 Å². The van der Waals surface area contributed by atoms with Crippen LogP contribution in [0.15, 0.2) is 42.9 Å². The third kappa shape index (κ3) is 3.52. The Morgan fingerprint density at radius 2 is 1.88 bits per heavy atom. The Kier molecular flexibility index (Phi) is 4.78. The third-order valence-electron chi connectivity index (χ3n) is 5.42. The van der Waals surface area contributed by atoms with Gasteiger partial charge in [-0.1, -0.05) is 11.6 Å². The number of carbonyl (C=O) groups is 1. The largest absolute Gasteiger partial charge is 0.391 e. The van der Waals surface area contributed by atoms with Gasteiger partial charge in [-0.05, 0) is 48.9 Å². The molecule has 0 unspecified atom stereocenters. The molecular weight excluding hydrogens is 352 g/mol. The molecular formula is C19H21ClN4O2. The highest BCUT2D eigenvalue weighted by molar-refractivity contribution is 6.30. The minimum atomic E-state index is -0.455. The van der Waals surface area contributed by atoms with E-state index in [1.165, 1.54) is 0 Å². The summed E-state index contributed by atoms with van der Waals surface area (Å²) in [6.45, 7) is 1.42. The van der Waals surface area contributed by atoms with E-state index in [1.54, 1.807) is 42.9 Å². The van der Waals surface area contributed by atoms with Crippen LogP contribution < -0.4 is 5.32 Å². The lowest BCUT2D eigenvalue weighted by atomic mass is 9.77. The standard InChI is InChI=1S/C19H21ClN4O2/c20-15-3-1-12(2-4-15)19(26)24-10-13-7-16(17(25)8-14(13)11-24)23-18-9-21-5-6-22-18/h1-6,9,13-14,16-17,25H,7-8,10-11H2,(H,22,23)/t13-,14+,16-,17-/m1/s1. The minimum absolute atomic E-state index is 0.0315. The number of rotatable bonds is 3. The van der Waals surface area contributed by atoms with Crippen molar-refractivity contribution in [1.82, 2.24) is 14.9 Å². The fraction of sp³-hybridized carbons (Fsp3) is 0.421. The maximum Gasteiger partial charge on any atom is 0.253 e. The van der Waals surface area contributed by atoms with E-state index >= 15 is 0 Å². The summed E-state index contributed by atoms with van der Waals surface area (Å²) in [4.78, 5) is 22.9. The second-order valence-corrected chi connectivity index (χ2v) is 7.55. The number of aliphatic hydroxyl groups is 1. The predicted molar refractivity (Wildman–Crippen MR) is 99.0 cm³/mol. The first-order valence-corrected chi connectivity index (χ1v) is 9.23. The molecule has 1 aromatic carbocycles. The Hall–Kier alpha value is -2.18. The van der Waals surface area contributed by atoms with Gasteiger partial charge in [-0.25, -0.2) is 4.98 Å². The van der Waals surface area contributed by atoms with E-state index in [2.05, 4.69) is 15.3 Å². The van der Waals surface area contributed by atoms with E-state index in [0.29, 0.717) is 41.2 Å². The Balaban J connectivity index is 1.42. The first kappa shape index (κ1) is 17.2. The molecule has 1 amide bonds. The van der Waals surface area contributed by atoms with Crippen LogP contribution in [0.25, 0.3) is 0 Å². The topological polar surface area (TPSA) is 78.4 Å². The highest BCUT2D eigenvalue weighted by Crippen LogP contribution is 2.38. The molecule has 1 aromatic heterocycles. The van der Waals surface area contributed by atoms with Crippen LogP contribution in [0.1, 0.15) is 23.2 Å². The molecule has 0 radical (unpaired) electrons. The molecule has 1 aliphatic heterocycles. The molecule has 2 aromatic rings. The Morgan fingerprint density at radius 3 is 2.58 bits per heavy atom. The smallest absolute Gasteiger partial charge is 0.253 e. The molecule has 6 nitrogen and oxygen atoms in total. The number of aromatic nitrogens is 2. The molecule has 1 saturated heterocycles. The zero-order chi connectivity index (χ0) is 18.1. The predicted octanol–water partition coefficient (Wildman–Crippen LogP) is 2.45. The van der Waals surface area contributed by atoms with Crippen molar-refractivity contribution >= 4 is 23.3 Å². The summed E-state index contributed by atoms with van der Waals surface area (Å²) >= 11 is 5.90. The van der Waals surface area contributed by atoms with E-state index in [-0.39, 0.29) is 11.9 Å². The van der Waals surface area contributed by atoms with Crippen LogP contribution in [0, 0.1) is 11.8 Å². The van der Waals surface area contributed by atoms with Gasteiger partial charge in [0, 0.05) is 36.1 Å². The van der Waals surface area contributed by atoms with Crippen molar-refractivity contribution < 1.29 is 9.90 Å². The van der Waals surface area contributed by atoms with Crippen molar-refractivity contribution in [1.29, 1.82) is 0 Å². The van der Waals surface area contributed by atoms with Gasteiger partial charge >= 0.3 is 0 Å². The summed E-state index contributed by atoms with van der Waals surface area (Å²) in [5.41, 5.74) is 0.655. The van der Waals surface area contributed by atoms with Gasteiger partial charge in [0.2, 0.25) is 0 Å². The first-order chi connectivity index (χ1) is 12.6. The molecule has 7 heteroatoms. The van der Waals surface area contributed by atoms with Crippen molar-refractivity contribution in [2.75, 3.05) is 18.4 Å². The van der Waals surface area contributed by atoms with Crippen molar-refractivity contribution in [3.8, 4) is 0 Å². The summed E-state index contributed by atoms with van der Waals surface area (Å²) in [6, 6.07) is 6.93. The van der Waals surface area contributed by atoms with E-state index in [0.717, 1.165) is 13.0 Å². The minimum Gasteiger partial charge on any atom is -0.391 e. The summed E-state index contributed by atoms with van der Waals surface area (Å²) in [6.07, 6.45) is 5.95. The van der Waals surface area contributed by atoms with E-state index in [4.69, 9.17) is 11.6 Å². The zero-order valence-electron chi connectivity index (χ0n) is 14.3. The highest BCUT2D eigenvalue weighted by atomic mass is 35.5. The molecule has 2 N–H and O–H groups in total. The van der Waals surface area contributed by atoms with Gasteiger partial charge in [0.15, 0.2) is 0 Å². The molecule has 1 aliphatic carbocycles. The van der Waals surface area contributed by atoms with Gasteiger partial charge in [0.05, 0.1) is 18.3 Å². The third-order valence-corrected chi connectivity index (χ3v) is 5.67. The van der Waals surface area contributed by atoms with Crippen molar-refractivity contribution in [3.05, 3.63) is 53.4 Å². The van der Waals surface area contributed by atoms with Crippen molar-refractivity contribution in [2.45, 2.75) is 25.0 Å². The number of aliphatic hydroxyl groups excluding tert-OH is 1. The summed E-state index contributed by atoms with van der Waals surface area (Å²) in [5, 5.41) is 14.4. The number of likely N-dealkylation sites (tertiary alicyclic amines) is 1. The molecule has 26 heavy (non-hydrogen) atoms. The van der Waals surface area contributed by atoms with Crippen molar-refractivity contribution in [3.63, 3.8) is 0 Å². The second kappa shape index (κ2) is 7.21. The average Bonchev–Trinajstić information content (AvgIpc) is 3.05. The van der Waals surface area contributed by atoms with Gasteiger partial charge in [-0.15, -0.1) is 0 Å². The number of hydrogen-bond donors (Lipinski definition) is 2. The lowest BCUT2D eigenvalue weighted by molar-refractivity contribution is 0.0727. The Morgan fingerprint density at radius 1 is 1.15 bits per heavy atom. The van der Waals surface area contributed by atoms with Crippen molar-refractivity contribution in [2.24, 2.45) is 11.8 Å². The number of nitrogens with one attached hydrogen (secondary N) is 1. The summed E-state index contributed by atoms with van der Waals surface area (Å²) in [5.74, 6) is 1.41. The molecule has 0 bridgehead atoms. The number of carbonyl (C=O) groups excluding carboxylic acids is 1. The number of fused-ring (bicyclic) bond motifs is 1. The number of benzene rings is 1. The van der Waals surface area contributed by atoms with Crippen LogP contribution in [0.4, 0.5) is 5.82 Å². The summed E-state index contributed by atoms with van der Waals surface area (Å²) in [7, 11) is 0. The van der Waals surface area contributed by atoms with Crippen LogP contribution in [-0.2, 0) is 0 Å². The van der Waals surface area contributed by atoms with Gasteiger partial charge < -0.3 is 15.3 Å². The van der Waals surface area contributed by atoms with Gasteiger partial charge in [-0.3, -0.25) is 9.78 Å². The van der Waals surface area contributed by atoms with Crippen LogP contribution in [-0.4, -0.2) is 51.1 Å². The fourth-order valence-electron chi connectivity index (χ4n) is 4.09. The monoisotopic (exact) mass is 372 g/mol. The van der Waals surface area contributed by atoms with Crippen LogP contribution in [0.3, 0.4) is 0 Å². The Labute approximate surface area is 157 Å². The fourth-order valence-corrected chi connectivity index (χ4v) is 4.22. The van der Waals surface area contributed by atoms with Crippen LogP contribution >= 0.6 is 11.6 Å². The quantitative estimate of drug-likeness (QED) is 0.865. The molecule has 2 heterocycles. The normalized spacial score (nSPS) is 27.8. The molecule has 2 fully saturated rings. The van der Waals surface area contributed by atoms with Gasteiger partial charge in [-0.2, -0.15) is 0 Å². The number of anilines is 1. The Bertz CT molecular complexity index is 771. The summed E-state index contributed by atoms with van der Waals surface area (Å²) < 4.78 is 0. The SMILES string of the molecule is O=C(c1ccc(Cl)cc1)N1C[C@H]2C[C@@H](Nc3cnccn3)[C@H](O)C[C@H]2C1. The molecule has 4 rings (SSSR count). The molecule has 0 spiro atoms. The molecule has 4 atom stereocenters. The lowest BCUT2D eigenvalue weighted by Crippen LogP contribution is -2.43. The molecule has 136 valence electrons. The maximum absolute atomic E-state index is 12.7. The number of halogens is 1. The molecule has 1 saturated carbocycles. The highest BCUT2D eigenvalue weighted by Gasteiger charge is 2.43. The average molecular weight is 373 g/mol. The van der Waals surface area contributed by atoms with Crippen LogP contribution in [0.5, 0.6) is 0 Å². The first-order valence-electron chi connectivity index (χ1n) is 8.85. The maximum atomic E-state index is 12.7. The molecule has 2 aliphatic rings.